The van der Waals surface area contributed by atoms with Gasteiger partial charge in [-0.3, -0.25) is 9.59 Å². The molecule has 1 heterocycles. The molecule has 8 heteroatoms. The standard InChI is InChI=1S/C24H26ClN3O4/c1-14(2)31-22-10-9-18(12-20(22)25)21(29)13-19(24(30)26-4)11-16-5-7-17(8-6-16)23-27-15(3)32-28-23/h5-10,12,14,19H,11,13H2,1-4H3,(H,26,30)/t19-/m1/s1. The molecular weight excluding hydrogens is 430 g/mol. The van der Waals surface area contributed by atoms with Crippen LogP contribution >= 0.6 is 11.6 Å². The van der Waals surface area contributed by atoms with Crippen LogP contribution in [-0.2, 0) is 11.2 Å². The van der Waals surface area contributed by atoms with Gasteiger partial charge in [0.1, 0.15) is 5.75 Å². The van der Waals surface area contributed by atoms with Gasteiger partial charge in [0, 0.05) is 37.4 Å². The molecule has 0 fully saturated rings. The molecule has 2 aromatic carbocycles. The highest BCUT2D eigenvalue weighted by Crippen LogP contribution is 2.28. The van der Waals surface area contributed by atoms with Crippen molar-refractivity contribution in [2.24, 2.45) is 5.92 Å². The van der Waals surface area contributed by atoms with E-state index in [-0.39, 0.29) is 24.2 Å². The lowest BCUT2D eigenvalue weighted by molar-refractivity contribution is -0.124. The second-order valence-corrected chi connectivity index (χ2v) is 8.20. The minimum atomic E-state index is -0.517. The molecule has 1 atom stereocenters. The van der Waals surface area contributed by atoms with E-state index in [1.807, 2.05) is 38.1 Å². The second kappa shape index (κ2) is 10.4. The molecule has 0 saturated heterocycles. The average Bonchev–Trinajstić information content (AvgIpc) is 3.20. The van der Waals surface area contributed by atoms with Gasteiger partial charge in [0.25, 0.3) is 0 Å². The van der Waals surface area contributed by atoms with Crippen LogP contribution in [0.3, 0.4) is 0 Å². The maximum absolute atomic E-state index is 12.9. The van der Waals surface area contributed by atoms with Crippen LogP contribution in [0.1, 0.15) is 42.1 Å². The summed E-state index contributed by atoms with van der Waals surface area (Å²) in [5.74, 6) is 0.659. The molecule has 7 nitrogen and oxygen atoms in total. The Labute approximate surface area is 192 Å². The van der Waals surface area contributed by atoms with E-state index >= 15 is 0 Å². The number of carbonyl (C=O) groups is 2. The Morgan fingerprint density at radius 3 is 2.44 bits per heavy atom. The Balaban J connectivity index is 1.72. The van der Waals surface area contributed by atoms with Crippen molar-refractivity contribution in [3.63, 3.8) is 0 Å². The van der Waals surface area contributed by atoms with E-state index in [4.69, 9.17) is 20.9 Å². The Morgan fingerprint density at radius 1 is 1.16 bits per heavy atom. The Kier molecular flexibility index (Phi) is 7.64. The first-order valence-electron chi connectivity index (χ1n) is 10.4. The van der Waals surface area contributed by atoms with Crippen LogP contribution in [0.25, 0.3) is 11.4 Å². The van der Waals surface area contributed by atoms with Gasteiger partial charge in [-0.1, -0.05) is 41.0 Å². The second-order valence-electron chi connectivity index (χ2n) is 7.79. The molecule has 0 bridgehead atoms. The van der Waals surface area contributed by atoms with Gasteiger partial charge in [0.15, 0.2) is 5.78 Å². The maximum atomic E-state index is 12.9. The number of aromatic nitrogens is 2. The quantitative estimate of drug-likeness (QED) is 0.471. The van der Waals surface area contributed by atoms with Gasteiger partial charge in [0.2, 0.25) is 17.6 Å². The van der Waals surface area contributed by atoms with Crippen LogP contribution in [-0.4, -0.2) is 35.0 Å². The molecule has 3 rings (SSSR count). The average molecular weight is 456 g/mol. The summed E-state index contributed by atoms with van der Waals surface area (Å²) in [6.07, 6.45) is 0.452. The molecule has 0 aliphatic rings. The van der Waals surface area contributed by atoms with Crippen molar-refractivity contribution >= 4 is 23.3 Å². The van der Waals surface area contributed by atoms with Crippen molar-refractivity contribution in [2.45, 2.75) is 39.7 Å². The number of hydrogen-bond donors (Lipinski definition) is 1. The minimum absolute atomic E-state index is 0.0258. The fraction of sp³-hybridized carbons (Fsp3) is 0.333. The largest absolute Gasteiger partial charge is 0.489 e. The van der Waals surface area contributed by atoms with Gasteiger partial charge in [0.05, 0.1) is 11.1 Å². The summed E-state index contributed by atoms with van der Waals surface area (Å²) in [5, 5.41) is 6.93. The molecule has 0 aliphatic heterocycles. The Bertz CT molecular complexity index is 1090. The SMILES string of the molecule is CNC(=O)[C@@H](CC(=O)c1ccc(OC(C)C)c(Cl)c1)Cc1ccc(-c2noc(C)n2)cc1. The van der Waals surface area contributed by atoms with Crippen LogP contribution in [0.2, 0.25) is 5.02 Å². The summed E-state index contributed by atoms with van der Waals surface area (Å²) in [7, 11) is 1.57. The number of hydrogen-bond acceptors (Lipinski definition) is 6. The topological polar surface area (TPSA) is 94.3 Å². The number of nitrogens with zero attached hydrogens (tertiary/aromatic N) is 2. The Hall–Kier alpha value is -3.19. The van der Waals surface area contributed by atoms with E-state index in [1.54, 1.807) is 32.2 Å². The lowest BCUT2D eigenvalue weighted by Crippen LogP contribution is -2.30. The minimum Gasteiger partial charge on any atom is -0.489 e. The van der Waals surface area contributed by atoms with Crippen molar-refractivity contribution < 1.29 is 18.8 Å². The number of amides is 1. The summed E-state index contributed by atoms with van der Waals surface area (Å²) in [4.78, 5) is 29.6. The maximum Gasteiger partial charge on any atom is 0.223 e. The van der Waals surface area contributed by atoms with Gasteiger partial charge in [-0.05, 0) is 44.0 Å². The molecule has 168 valence electrons. The zero-order valence-electron chi connectivity index (χ0n) is 18.5. The van der Waals surface area contributed by atoms with E-state index in [0.717, 1.165) is 11.1 Å². The molecule has 0 radical (unpaired) electrons. The molecule has 1 amide bonds. The molecule has 1 N–H and O–H groups in total. The van der Waals surface area contributed by atoms with Crippen LogP contribution in [0.15, 0.2) is 47.0 Å². The first-order valence-corrected chi connectivity index (χ1v) is 10.7. The normalized spacial score (nSPS) is 11.9. The van der Waals surface area contributed by atoms with Crippen molar-refractivity contribution in [1.82, 2.24) is 15.5 Å². The first-order chi connectivity index (χ1) is 15.3. The van der Waals surface area contributed by atoms with Crippen LogP contribution in [0.5, 0.6) is 5.75 Å². The lowest BCUT2D eigenvalue weighted by Gasteiger charge is -2.16. The van der Waals surface area contributed by atoms with Crippen molar-refractivity contribution in [2.75, 3.05) is 7.05 Å². The fourth-order valence-corrected chi connectivity index (χ4v) is 3.54. The first kappa shape index (κ1) is 23.5. The van der Waals surface area contributed by atoms with Gasteiger partial charge < -0.3 is 14.6 Å². The van der Waals surface area contributed by atoms with E-state index in [1.165, 1.54) is 0 Å². The monoisotopic (exact) mass is 455 g/mol. The summed E-state index contributed by atoms with van der Waals surface area (Å²) in [6, 6.07) is 12.5. The smallest absolute Gasteiger partial charge is 0.223 e. The summed E-state index contributed by atoms with van der Waals surface area (Å²) in [5.41, 5.74) is 2.19. The number of nitrogens with one attached hydrogen (secondary N) is 1. The predicted molar refractivity (Wildman–Crippen MR) is 122 cm³/mol. The number of aryl methyl sites for hydroxylation is 1. The number of ketones is 1. The zero-order chi connectivity index (χ0) is 23.3. The molecule has 0 aliphatic carbocycles. The van der Waals surface area contributed by atoms with Crippen LogP contribution in [0.4, 0.5) is 0 Å². The number of Topliss-reactive ketones (excluding diaryl/α,β-unsaturated/α-hetero) is 1. The summed E-state index contributed by atoms with van der Waals surface area (Å²) < 4.78 is 10.6. The zero-order valence-corrected chi connectivity index (χ0v) is 19.3. The third kappa shape index (κ3) is 5.95. The highest BCUT2D eigenvalue weighted by molar-refractivity contribution is 6.32. The number of rotatable bonds is 9. The molecule has 0 unspecified atom stereocenters. The van der Waals surface area contributed by atoms with Crippen molar-refractivity contribution in [3.05, 3.63) is 64.5 Å². The van der Waals surface area contributed by atoms with Gasteiger partial charge >= 0.3 is 0 Å². The molecule has 1 aromatic heterocycles. The Morgan fingerprint density at radius 2 is 1.88 bits per heavy atom. The predicted octanol–water partition coefficient (Wildman–Crippen LogP) is 4.66. The van der Waals surface area contributed by atoms with E-state index in [2.05, 4.69) is 15.5 Å². The highest BCUT2D eigenvalue weighted by atomic mass is 35.5. The third-order valence-corrected chi connectivity index (χ3v) is 5.18. The van der Waals surface area contributed by atoms with Crippen molar-refractivity contribution in [3.8, 4) is 17.1 Å². The van der Waals surface area contributed by atoms with Crippen LogP contribution in [0, 0.1) is 12.8 Å². The molecular formula is C24H26ClN3O4. The molecule has 32 heavy (non-hydrogen) atoms. The number of benzene rings is 2. The van der Waals surface area contributed by atoms with Gasteiger partial charge in [-0.2, -0.15) is 4.98 Å². The van der Waals surface area contributed by atoms with Crippen molar-refractivity contribution in [1.29, 1.82) is 0 Å². The summed E-state index contributed by atoms with van der Waals surface area (Å²) >= 11 is 6.27. The number of ether oxygens (including phenoxy) is 1. The van der Waals surface area contributed by atoms with E-state index in [9.17, 15) is 9.59 Å². The van der Waals surface area contributed by atoms with Gasteiger partial charge in [-0.25, -0.2) is 0 Å². The molecule has 0 saturated carbocycles. The lowest BCUT2D eigenvalue weighted by atomic mass is 9.91. The van der Waals surface area contributed by atoms with Gasteiger partial charge in [-0.15, -0.1) is 0 Å². The fourth-order valence-electron chi connectivity index (χ4n) is 3.32. The van der Waals surface area contributed by atoms with Crippen LogP contribution < -0.4 is 10.1 Å². The third-order valence-electron chi connectivity index (χ3n) is 4.89. The van der Waals surface area contributed by atoms with E-state index in [0.29, 0.717) is 34.5 Å². The highest BCUT2D eigenvalue weighted by Gasteiger charge is 2.23. The molecule has 0 spiro atoms. The molecule has 3 aromatic rings. The number of carbonyl (C=O) groups excluding carboxylic acids is 2. The number of halogens is 1. The van der Waals surface area contributed by atoms with E-state index < -0.39 is 5.92 Å². The summed E-state index contributed by atoms with van der Waals surface area (Å²) in [6.45, 7) is 5.53.